The summed E-state index contributed by atoms with van der Waals surface area (Å²) in [4.78, 5) is 23.7. The first kappa shape index (κ1) is 17.5. The average Bonchev–Trinajstić information content (AvgIpc) is 2.58. The van der Waals surface area contributed by atoms with Crippen molar-refractivity contribution in [2.75, 3.05) is 12.4 Å². The van der Waals surface area contributed by atoms with E-state index in [4.69, 9.17) is 4.74 Å². The minimum Gasteiger partial charge on any atom is -0.480 e. The van der Waals surface area contributed by atoms with Gasteiger partial charge in [-0.3, -0.25) is 4.79 Å². The van der Waals surface area contributed by atoms with Crippen molar-refractivity contribution < 1.29 is 19.1 Å². The molecule has 1 amide bonds. The number of carbonyl (C=O) groups excluding carboxylic acids is 2. The van der Waals surface area contributed by atoms with E-state index in [0.29, 0.717) is 11.3 Å². The SMILES string of the molecule is COC(=O)c1ccc(NC(=O)[C@@H](C)Oc2c(C)cccc2C)cc1. The van der Waals surface area contributed by atoms with Gasteiger partial charge in [-0.25, -0.2) is 4.79 Å². The number of benzene rings is 2. The number of amides is 1. The molecule has 0 fully saturated rings. The first-order valence-electron chi connectivity index (χ1n) is 7.64. The highest BCUT2D eigenvalue weighted by atomic mass is 16.5. The fourth-order valence-electron chi connectivity index (χ4n) is 2.27. The lowest BCUT2D eigenvalue weighted by Crippen LogP contribution is -2.30. The lowest BCUT2D eigenvalue weighted by Gasteiger charge is -2.18. The van der Waals surface area contributed by atoms with Crippen LogP contribution in [0.25, 0.3) is 0 Å². The fraction of sp³-hybridized carbons (Fsp3) is 0.263. The molecule has 0 radical (unpaired) electrons. The summed E-state index contributed by atoms with van der Waals surface area (Å²) in [6.07, 6.45) is -0.648. The number of rotatable bonds is 5. The Morgan fingerprint density at radius 2 is 1.58 bits per heavy atom. The number of hydrogen-bond acceptors (Lipinski definition) is 4. The zero-order valence-corrected chi connectivity index (χ0v) is 14.3. The highest BCUT2D eigenvalue weighted by Crippen LogP contribution is 2.23. The van der Waals surface area contributed by atoms with Gasteiger partial charge in [0.25, 0.3) is 5.91 Å². The molecule has 2 aromatic rings. The molecule has 0 spiro atoms. The molecule has 0 aliphatic carbocycles. The van der Waals surface area contributed by atoms with E-state index in [0.717, 1.165) is 16.9 Å². The normalized spacial score (nSPS) is 11.5. The van der Waals surface area contributed by atoms with Crippen LogP contribution in [0, 0.1) is 13.8 Å². The number of nitrogens with one attached hydrogen (secondary N) is 1. The van der Waals surface area contributed by atoms with Gasteiger partial charge in [0.1, 0.15) is 5.75 Å². The number of para-hydroxylation sites is 1. The van der Waals surface area contributed by atoms with Crippen LogP contribution in [0.5, 0.6) is 5.75 Å². The lowest BCUT2D eigenvalue weighted by atomic mass is 10.1. The van der Waals surface area contributed by atoms with Gasteiger partial charge in [0.15, 0.2) is 6.10 Å². The zero-order valence-electron chi connectivity index (χ0n) is 14.3. The van der Waals surface area contributed by atoms with E-state index < -0.39 is 12.1 Å². The van der Waals surface area contributed by atoms with Crippen LogP contribution in [0.1, 0.15) is 28.4 Å². The van der Waals surface area contributed by atoms with Crippen LogP contribution in [0.2, 0.25) is 0 Å². The quantitative estimate of drug-likeness (QED) is 0.854. The van der Waals surface area contributed by atoms with Gasteiger partial charge in [0, 0.05) is 5.69 Å². The van der Waals surface area contributed by atoms with Crippen molar-refractivity contribution in [2.24, 2.45) is 0 Å². The monoisotopic (exact) mass is 327 g/mol. The van der Waals surface area contributed by atoms with Gasteiger partial charge in [-0.05, 0) is 56.2 Å². The lowest BCUT2D eigenvalue weighted by molar-refractivity contribution is -0.122. The zero-order chi connectivity index (χ0) is 17.7. The molecule has 2 rings (SSSR count). The maximum atomic E-state index is 12.3. The molecule has 5 nitrogen and oxygen atoms in total. The molecule has 0 unspecified atom stereocenters. The Morgan fingerprint density at radius 1 is 1.00 bits per heavy atom. The van der Waals surface area contributed by atoms with Gasteiger partial charge >= 0.3 is 5.97 Å². The highest BCUT2D eigenvalue weighted by molar-refractivity contribution is 5.95. The van der Waals surface area contributed by atoms with Gasteiger partial charge in [-0.15, -0.1) is 0 Å². The molecule has 0 saturated carbocycles. The average molecular weight is 327 g/mol. The summed E-state index contributed by atoms with van der Waals surface area (Å²) in [6, 6.07) is 12.3. The first-order chi connectivity index (χ1) is 11.4. The van der Waals surface area contributed by atoms with Crippen LogP contribution in [0.4, 0.5) is 5.69 Å². The Balaban J connectivity index is 2.02. The third-order valence-electron chi connectivity index (χ3n) is 3.65. The standard InChI is InChI=1S/C19H21NO4/c1-12-6-5-7-13(2)17(12)24-14(3)18(21)20-16-10-8-15(9-11-16)19(22)23-4/h5-11,14H,1-4H3,(H,20,21)/t14-/m1/s1. The van der Waals surface area contributed by atoms with Crippen LogP contribution >= 0.6 is 0 Å². The van der Waals surface area contributed by atoms with Crippen molar-refractivity contribution in [1.29, 1.82) is 0 Å². The topological polar surface area (TPSA) is 64.6 Å². The van der Waals surface area contributed by atoms with Crippen LogP contribution in [-0.4, -0.2) is 25.1 Å². The van der Waals surface area contributed by atoms with Gasteiger partial charge < -0.3 is 14.8 Å². The van der Waals surface area contributed by atoms with E-state index in [1.807, 2.05) is 32.0 Å². The van der Waals surface area contributed by atoms with Gasteiger partial charge in [-0.1, -0.05) is 18.2 Å². The Hall–Kier alpha value is -2.82. The Bertz CT molecular complexity index is 717. The fourth-order valence-corrected chi connectivity index (χ4v) is 2.27. The molecular weight excluding hydrogens is 306 g/mol. The molecule has 0 aliphatic heterocycles. The van der Waals surface area contributed by atoms with E-state index in [1.54, 1.807) is 31.2 Å². The van der Waals surface area contributed by atoms with Gasteiger partial charge in [-0.2, -0.15) is 0 Å². The summed E-state index contributed by atoms with van der Waals surface area (Å²) < 4.78 is 10.4. The Kier molecular flexibility index (Phi) is 5.58. The molecule has 0 bridgehead atoms. The van der Waals surface area contributed by atoms with Gasteiger partial charge in [0.05, 0.1) is 12.7 Å². The van der Waals surface area contributed by atoms with E-state index in [-0.39, 0.29) is 5.91 Å². The van der Waals surface area contributed by atoms with Crippen molar-refractivity contribution in [3.05, 3.63) is 59.2 Å². The van der Waals surface area contributed by atoms with E-state index >= 15 is 0 Å². The highest BCUT2D eigenvalue weighted by Gasteiger charge is 2.17. The summed E-state index contributed by atoms with van der Waals surface area (Å²) in [5.41, 5.74) is 2.98. The number of methoxy groups -OCH3 is 1. The second-order valence-electron chi connectivity index (χ2n) is 5.54. The van der Waals surface area contributed by atoms with Crippen LogP contribution in [0.15, 0.2) is 42.5 Å². The number of hydrogen-bond donors (Lipinski definition) is 1. The Labute approximate surface area is 141 Å². The Morgan fingerprint density at radius 3 is 2.12 bits per heavy atom. The van der Waals surface area contributed by atoms with E-state index in [2.05, 4.69) is 10.1 Å². The molecule has 0 aromatic heterocycles. The number of ether oxygens (including phenoxy) is 2. The number of carbonyl (C=O) groups is 2. The third-order valence-corrected chi connectivity index (χ3v) is 3.65. The second-order valence-corrected chi connectivity index (χ2v) is 5.54. The second kappa shape index (κ2) is 7.64. The first-order valence-corrected chi connectivity index (χ1v) is 7.64. The van der Waals surface area contributed by atoms with Crippen molar-refractivity contribution in [3.63, 3.8) is 0 Å². The van der Waals surface area contributed by atoms with Gasteiger partial charge in [0.2, 0.25) is 0 Å². The maximum Gasteiger partial charge on any atom is 0.337 e. The summed E-state index contributed by atoms with van der Waals surface area (Å²) in [5, 5.41) is 2.77. The molecule has 1 N–H and O–H groups in total. The summed E-state index contributed by atoms with van der Waals surface area (Å²) in [7, 11) is 1.32. The van der Waals surface area contributed by atoms with E-state index in [9.17, 15) is 9.59 Å². The van der Waals surface area contributed by atoms with Crippen molar-refractivity contribution in [3.8, 4) is 5.75 Å². The molecule has 0 saturated heterocycles. The molecule has 0 aliphatic rings. The molecule has 2 aromatic carbocycles. The molecule has 5 heteroatoms. The van der Waals surface area contributed by atoms with Crippen LogP contribution < -0.4 is 10.1 Å². The third kappa shape index (κ3) is 4.13. The van der Waals surface area contributed by atoms with Crippen molar-refractivity contribution >= 4 is 17.6 Å². The minimum absolute atomic E-state index is 0.261. The summed E-state index contributed by atoms with van der Waals surface area (Å²) in [5.74, 6) is 0.0456. The molecule has 24 heavy (non-hydrogen) atoms. The number of anilines is 1. The molecule has 1 atom stereocenters. The predicted molar refractivity (Wildman–Crippen MR) is 92.4 cm³/mol. The maximum absolute atomic E-state index is 12.3. The number of aryl methyl sites for hydroxylation is 2. The predicted octanol–water partition coefficient (Wildman–Crippen LogP) is 3.50. The summed E-state index contributed by atoms with van der Waals surface area (Å²) >= 11 is 0. The number of esters is 1. The van der Waals surface area contributed by atoms with Crippen molar-refractivity contribution in [2.45, 2.75) is 26.9 Å². The van der Waals surface area contributed by atoms with Crippen molar-refractivity contribution in [1.82, 2.24) is 0 Å². The van der Waals surface area contributed by atoms with Crippen LogP contribution in [0.3, 0.4) is 0 Å². The van der Waals surface area contributed by atoms with E-state index in [1.165, 1.54) is 7.11 Å². The molecular formula is C19H21NO4. The van der Waals surface area contributed by atoms with Crippen LogP contribution in [-0.2, 0) is 9.53 Å². The summed E-state index contributed by atoms with van der Waals surface area (Å²) in [6.45, 7) is 5.58. The molecule has 0 heterocycles. The largest absolute Gasteiger partial charge is 0.480 e. The smallest absolute Gasteiger partial charge is 0.337 e. The minimum atomic E-state index is -0.648. The molecule has 126 valence electrons.